The van der Waals surface area contributed by atoms with Crippen molar-refractivity contribution in [1.29, 1.82) is 0 Å². The maximum absolute atomic E-state index is 12.4. The Kier molecular flexibility index (Phi) is 2.43. The van der Waals surface area contributed by atoms with Crippen molar-refractivity contribution >= 4 is 39.1 Å². The lowest BCUT2D eigenvalue weighted by Gasteiger charge is -2.13. The molecule has 2 aromatic heterocycles. The number of carbonyl (C=O) groups is 2. The molecule has 0 fully saturated rings. The third-order valence-electron chi connectivity index (χ3n) is 3.42. The van der Waals surface area contributed by atoms with Gasteiger partial charge in [-0.25, -0.2) is 9.88 Å². The minimum absolute atomic E-state index is 0.316. The van der Waals surface area contributed by atoms with Gasteiger partial charge in [-0.15, -0.1) is 11.3 Å². The van der Waals surface area contributed by atoms with E-state index in [-0.39, 0.29) is 11.8 Å². The van der Waals surface area contributed by atoms with Crippen LogP contribution in [-0.4, -0.2) is 21.8 Å². The molecular weight excluding hydrogens is 286 g/mol. The minimum Gasteiger partial charge on any atom is -0.268 e. The first-order valence-electron chi connectivity index (χ1n) is 6.35. The summed E-state index contributed by atoms with van der Waals surface area (Å²) in [5.74, 6) is -0.655. The molecule has 0 saturated heterocycles. The summed E-state index contributed by atoms with van der Waals surface area (Å²) < 4.78 is 1.04. The summed E-state index contributed by atoms with van der Waals surface area (Å²) in [7, 11) is 0. The smallest absolute Gasteiger partial charge is 0.267 e. The summed E-state index contributed by atoms with van der Waals surface area (Å²) in [6.45, 7) is 1.93. The second kappa shape index (κ2) is 4.20. The van der Waals surface area contributed by atoms with Crippen molar-refractivity contribution in [2.45, 2.75) is 6.92 Å². The third-order valence-corrected chi connectivity index (χ3v) is 4.38. The van der Waals surface area contributed by atoms with Gasteiger partial charge in [0.05, 0.1) is 32.0 Å². The van der Waals surface area contributed by atoms with Crippen molar-refractivity contribution in [3.8, 4) is 0 Å². The van der Waals surface area contributed by atoms with Crippen LogP contribution in [0.15, 0.2) is 36.7 Å². The summed E-state index contributed by atoms with van der Waals surface area (Å²) in [4.78, 5) is 34.3. The first-order chi connectivity index (χ1) is 10.1. The molecule has 0 N–H and O–H groups in total. The van der Waals surface area contributed by atoms with E-state index in [0.717, 1.165) is 15.2 Å². The second-order valence-electron chi connectivity index (χ2n) is 4.75. The number of hydrogen-bond donors (Lipinski definition) is 0. The summed E-state index contributed by atoms with van der Waals surface area (Å²) >= 11 is 1.58. The fourth-order valence-electron chi connectivity index (χ4n) is 2.49. The number of rotatable bonds is 1. The molecule has 6 heteroatoms. The molecule has 0 bridgehead atoms. The van der Waals surface area contributed by atoms with Gasteiger partial charge >= 0.3 is 0 Å². The molecule has 21 heavy (non-hydrogen) atoms. The Morgan fingerprint density at radius 2 is 1.90 bits per heavy atom. The average molecular weight is 295 g/mol. The quantitative estimate of drug-likeness (QED) is 0.648. The lowest BCUT2D eigenvalue weighted by Crippen LogP contribution is -2.29. The number of pyridine rings is 1. The molecule has 0 unspecified atom stereocenters. The molecule has 0 atom stereocenters. The number of fused-ring (bicyclic) bond motifs is 2. The van der Waals surface area contributed by atoms with Gasteiger partial charge in [-0.2, -0.15) is 0 Å². The zero-order valence-corrected chi connectivity index (χ0v) is 11.8. The number of aromatic nitrogens is 2. The molecule has 1 aliphatic rings. The molecule has 4 rings (SSSR count). The number of amides is 2. The van der Waals surface area contributed by atoms with E-state index in [1.54, 1.807) is 29.5 Å². The Morgan fingerprint density at radius 1 is 1.10 bits per heavy atom. The summed E-state index contributed by atoms with van der Waals surface area (Å²) in [6.07, 6.45) is 2.95. The number of nitrogens with zero attached hydrogens (tertiary/aromatic N) is 3. The highest BCUT2D eigenvalue weighted by atomic mass is 32.1. The molecule has 1 aromatic carbocycles. The Bertz CT molecular complexity index is 881. The predicted molar refractivity (Wildman–Crippen MR) is 79.7 cm³/mol. The zero-order valence-electron chi connectivity index (χ0n) is 11.0. The van der Waals surface area contributed by atoms with Crippen LogP contribution in [0.3, 0.4) is 0 Å². The number of benzene rings is 1. The van der Waals surface area contributed by atoms with Crippen LogP contribution < -0.4 is 4.90 Å². The average Bonchev–Trinajstić information content (AvgIpc) is 2.97. The summed E-state index contributed by atoms with van der Waals surface area (Å²) in [6, 6.07) is 7.00. The van der Waals surface area contributed by atoms with Gasteiger partial charge in [0, 0.05) is 12.4 Å². The number of anilines is 1. The van der Waals surface area contributed by atoms with Gasteiger partial charge in [-0.1, -0.05) is 0 Å². The van der Waals surface area contributed by atoms with Gasteiger partial charge in [0.15, 0.2) is 0 Å². The third kappa shape index (κ3) is 1.69. The predicted octanol–water partition coefficient (Wildman–Crippen LogP) is 2.80. The number of aryl methyl sites for hydroxylation is 1. The van der Waals surface area contributed by atoms with E-state index >= 15 is 0 Å². The standard InChI is InChI=1S/C15H9N3O2S/c1-8-17-12-6-9(2-3-13(12)21-8)18-14(19)10-4-5-16-7-11(10)15(18)20/h2-7H,1H3. The number of imide groups is 1. The van der Waals surface area contributed by atoms with Gasteiger partial charge in [-0.3, -0.25) is 14.6 Å². The van der Waals surface area contributed by atoms with Gasteiger partial charge < -0.3 is 0 Å². The molecule has 102 valence electrons. The van der Waals surface area contributed by atoms with E-state index in [2.05, 4.69) is 9.97 Å². The largest absolute Gasteiger partial charge is 0.268 e. The van der Waals surface area contributed by atoms with E-state index < -0.39 is 0 Å². The van der Waals surface area contributed by atoms with E-state index in [4.69, 9.17) is 0 Å². The van der Waals surface area contributed by atoms with Crippen molar-refractivity contribution in [3.05, 3.63) is 52.8 Å². The molecular formula is C15H9N3O2S. The molecule has 0 aliphatic carbocycles. The first-order valence-corrected chi connectivity index (χ1v) is 7.17. The number of carbonyl (C=O) groups excluding carboxylic acids is 2. The fraction of sp³-hybridized carbons (Fsp3) is 0.0667. The fourth-order valence-corrected chi connectivity index (χ4v) is 3.30. The van der Waals surface area contributed by atoms with Gasteiger partial charge in [-0.05, 0) is 31.2 Å². The van der Waals surface area contributed by atoms with Crippen molar-refractivity contribution in [2.75, 3.05) is 4.90 Å². The summed E-state index contributed by atoms with van der Waals surface area (Å²) in [5.41, 5.74) is 2.07. The Morgan fingerprint density at radius 3 is 2.71 bits per heavy atom. The molecule has 2 amide bonds. The van der Waals surface area contributed by atoms with Crippen LogP contribution in [0, 0.1) is 6.92 Å². The van der Waals surface area contributed by atoms with Crippen LogP contribution in [-0.2, 0) is 0 Å². The van der Waals surface area contributed by atoms with Crippen LogP contribution in [0.25, 0.3) is 10.2 Å². The Balaban J connectivity index is 1.86. The first kappa shape index (κ1) is 12.2. The number of thiazole rings is 1. The van der Waals surface area contributed by atoms with Gasteiger partial charge in [0.25, 0.3) is 11.8 Å². The van der Waals surface area contributed by atoms with Gasteiger partial charge in [0.1, 0.15) is 0 Å². The van der Waals surface area contributed by atoms with Crippen molar-refractivity contribution in [2.24, 2.45) is 0 Å². The maximum Gasteiger partial charge on any atom is 0.267 e. The molecule has 3 aromatic rings. The molecule has 1 aliphatic heterocycles. The lowest BCUT2D eigenvalue weighted by molar-refractivity contribution is 0.0926. The van der Waals surface area contributed by atoms with E-state index in [9.17, 15) is 9.59 Å². The highest BCUT2D eigenvalue weighted by Crippen LogP contribution is 2.31. The highest BCUT2D eigenvalue weighted by Gasteiger charge is 2.36. The molecule has 0 radical (unpaired) electrons. The van der Waals surface area contributed by atoms with E-state index in [0.29, 0.717) is 16.8 Å². The molecule has 0 saturated carbocycles. The van der Waals surface area contributed by atoms with E-state index in [1.807, 2.05) is 13.0 Å². The molecule has 5 nitrogen and oxygen atoms in total. The van der Waals surface area contributed by atoms with E-state index in [1.165, 1.54) is 17.3 Å². The molecule has 0 spiro atoms. The highest BCUT2D eigenvalue weighted by molar-refractivity contribution is 7.18. The van der Waals surface area contributed by atoms with Crippen molar-refractivity contribution < 1.29 is 9.59 Å². The molecule has 3 heterocycles. The SMILES string of the molecule is Cc1nc2cc(N3C(=O)c4ccncc4C3=O)ccc2s1. The van der Waals surface area contributed by atoms with Crippen LogP contribution in [0.4, 0.5) is 5.69 Å². The maximum atomic E-state index is 12.4. The monoisotopic (exact) mass is 295 g/mol. The Hall–Kier alpha value is -2.60. The minimum atomic E-state index is -0.339. The van der Waals surface area contributed by atoms with Crippen LogP contribution in [0.2, 0.25) is 0 Å². The summed E-state index contributed by atoms with van der Waals surface area (Å²) in [5, 5.41) is 0.953. The van der Waals surface area contributed by atoms with Crippen LogP contribution >= 0.6 is 11.3 Å². The van der Waals surface area contributed by atoms with Crippen molar-refractivity contribution in [1.82, 2.24) is 9.97 Å². The zero-order chi connectivity index (χ0) is 14.6. The van der Waals surface area contributed by atoms with Crippen LogP contribution in [0.1, 0.15) is 25.7 Å². The number of hydrogen-bond acceptors (Lipinski definition) is 5. The Labute approximate surface area is 123 Å². The topological polar surface area (TPSA) is 63.2 Å². The normalized spacial score (nSPS) is 14.0. The van der Waals surface area contributed by atoms with Gasteiger partial charge in [0.2, 0.25) is 0 Å². The second-order valence-corrected chi connectivity index (χ2v) is 5.99. The van der Waals surface area contributed by atoms with Crippen LogP contribution in [0.5, 0.6) is 0 Å². The lowest BCUT2D eigenvalue weighted by atomic mass is 10.2. The van der Waals surface area contributed by atoms with Crippen molar-refractivity contribution in [3.63, 3.8) is 0 Å².